The maximum absolute atomic E-state index is 12.0. The fourth-order valence-electron chi connectivity index (χ4n) is 6.23. The maximum atomic E-state index is 12.0. The van der Waals surface area contributed by atoms with E-state index in [4.69, 9.17) is 42.7 Å². The molecule has 0 saturated carbocycles. The lowest BCUT2D eigenvalue weighted by Crippen LogP contribution is -2.64. The van der Waals surface area contributed by atoms with E-state index in [-0.39, 0.29) is 33.8 Å². The van der Waals surface area contributed by atoms with Gasteiger partial charge < -0.3 is 94.4 Å². The molecule has 14 atom stereocenters. The molecule has 0 radical (unpaired) electrons. The number of aliphatic carboxylic acids is 1. The monoisotopic (exact) mass is 813 g/mol. The van der Waals surface area contributed by atoms with E-state index in [1.807, 2.05) is 0 Å². The second kappa shape index (κ2) is 17.5. The molecule has 2 aromatic carbocycles. The molecule has 3 aliphatic heterocycles. The predicted octanol–water partition coefficient (Wildman–Crippen LogP) is -3.36. The maximum Gasteiger partial charge on any atom is 0.402 e. The number of aliphatic hydroxyl groups is 9. The highest BCUT2D eigenvalue weighted by atomic mass is 16.8. The summed E-state index contributed by atoms with van der Waals surface area (Å²) >= 11 is 0. The molecule has 1 aromatic heterocycles. The summed E-state index contributed by atoms with van der Waals surface area (Å²) in [6, 6.07) is 9.08. The summed E-state index contributed by atoms with van der Waals surface area (Å²) in [6.07, 6.45) is -24.9. The Labute approximate surface area is 320 Å². The average Bonchev–Trinajstić information content (AvgIpc) is 3.17. The van der Waals surface area contributed by atoms with Crippen molar-refractivity contribution in [3.05, 3.63) is 42.5 Å². The first-order valence-electron chi connectivity index (χ1n) is 17.3. The fraction of sp³-hybridized carbons (Fsp3) is 0.514. The van der Waals surface area contributed by atoms with Gasteiger partial charge in [-0.3, -0.25) is 9.59 Å². The molecule has 0 spiro atoms. The number of aromatic hydroxyl groups is 2. The van der Waals surface area contributed by atoms with Gasteiger partial charge in [0.2, 0.25) is 18.3 Å². The van der Waals surface area contributed by atoms with Crippen molar-refractivity contribution in [1.82, 2.24) is 0 Å². The number of ether oxygens (including phenoxy) is 7. The highest BCUT2D eigenvalue weighted by Gasteiger charge is 2.51. The number of esters is 1. The average molecular weight is 814 g/mol. The van der Waals surface area contributed by atoms with Crippen LogP contribution in [0.3, 0.4) is 0 Å². The summed E-state index contributed by atoms with van der Waals surface area (Å²) in [5, 5.41) is 123. The third-order valence-corrected chi connectivity index (χ3v) is 9.38. The molecule has 57 heavy (non-hydrogen) atoms. The van der Waals surface area contributed by atoms with E-state index in [1.165, 1.54) is 30.3 Å². The van der Waals surface area contributed by atoms with E-state index < -0.39 is 136 Å². The van der Waals surface area contributed by atoms with Gasteiger partial charge in [0.1, 0.15) is 79.8 Å². The molecule has 6 rings (SSSR count). The number of benzene rings is 2. The Morgan fingerprint density at radius 2 is 1.44 bits per heavy atom. The molecule has 4 heterocycles. The topological polar surface area (TPSA) is 353 Å². The zero-order chi connectivity index (χ0) is 41.3. The summed E-state index contributed by atoms with van der Waals surface area (Å²) in [5.41, 5.74) is 0.118. The number of aliphatic hydroxyl groups excluding tert-OH is 9. The number of fused-ring (bicyclic) bond motifs is 1. The van der Waals surface area contributed by atoms with Crippen molar-refractivity contribution >= 4 is 22.9 Å². The van der Waals surface area contributed by atoms with E-state index in [2.05, 4.69) is 0 Å². The number of carbonyl (C=O) groups is 2. The Morgan fingerprint density at radius 3 is 2.14 bits per heavy atom. The van der Waals surface area contributed by atoms with Gasteiger partial charge in [-0.15, -0.1) is 0 Å². The van der Waals surface area contributed by atoms with E-state index in [0.29, 0.717) is 0 Å². The molecule has 3 aromatic rings. The minimum atomic E-state index is -1.98. The largest absolute Gasteiger partial charge is 0.504 e. The highest BCUT2D eigenvalue weighted by molar-refractivity contribution is 5.90. The zero-order valence-corrected chi connectivity index (χ0v) is 29.4. The standard InChI is InChI=1S/C35H40O22/c36-9-20-25(44)27(46)30(49)34(55-20)52-14-3-1-12-6-19(31(53-18(12)7-14)13-2-4-15(37)16(38)5-13)54-35-32(57-33-29(48)24(43)17(39)10-51-33)28(47)26(45)21(56-35)11-50-23(42)8-22(40)41/h1-7,17,20-21,24-30,32-36,39,43-49H,8-11H2,(H2-,37,38,40,41)/p+1/t17-,20-,21-,24+,25-,26-,27+,28+,29-,30-,32-,33+,34-,35-/m1/s1. The van der Waals surface area contributed by atoms with Crippen molar-refractivity contribution in [2.45, 2.75) is 92.4 Å². The Hall–Kier alpha value is -4.53. The van der Waals surface area contributed by atoms with Gasteiger partial charge in [0, 0.05) is 12.1 Å². The van der Waals surface area contributed by atoms with Crippen LogP contribution in [0, 0.1) is 0 Å². The van der Waals surface area contributed by atoms with E-state index in [9.17, 15) is 65.8 Å². The van der Waals surface area contributed by atoms with Crippen LogP contribution >= 0.6 is 0 Å². The van der Waals surface area contributed by atoms with Crippen LogP contribution in [-0.4, -0.2) is 179 Å². The smallest absolute Gasteiger partial charge is 0.402 e. The third kappa shape index (κ3) is 9.13. The van der Waals surface area contributed by atoms with Crippen molar-refractivity contribution in [1.29, 1.82) is 0 Å². The minimum absolute atomic E-state index is 0.00331. The number of hydrogen-bond donors (Lipinski definition) is 12. The van der Waals surface area contributed by atoms with Crippen LogP contribution in [0.15, 0.2) is 46.9 Å². The number of hydrogen-bond acceptors (Lipinski definition) is 20. The molecule has 3 fully saturated rings. The van der Waals surface area contributed by atoms with Crippen LogP contribution in [-0.2, 0) is 33.3 Å². The van der Waals surface area contributed by atoms with Crippen LogP contribution < -0.4 is 9.47 Å². The Bertz CT molecular complexity index is 1890. The molecule has 0 amide bonds. The summed E-state index contributed by atoms with van der Waals surface area (Å²) in [6.45, 7) is -2.00. The molecule has 312 valence electrons. The second-order valence-electron chi connectivity index (χ2n) is 13.4. The van der Waals surface area contributed by atoms with Gasteiger partial charge in [-0.05, 0) is 24.3 Å². The summed E-state index contributed by atoms with van der Waals surface area (Å²) in [4.78, 5) is 23.0. The van der Waals surface area contributed by atoms with Gasteiger partial charge in [0.05, 0.1) is 30.2 Å². The Kier molecular flexibility index (Phi) is 12.9. The molecule has 12 N–H and O–H groups in total. The zero-order valence-electron chi connectivity index (χ0n) is 29.4. The van der Waals surface area contributed by atoms with Crippen molar-refractivity contribution in [3.8, 4) is 34.3 Å². The normalized spacial score (nSPS) is 34.4. The number of rotatable bonds is 12. The van der Waals surface area contributed by atoms with Crippen LogP contribution in [0.25, 0.3) is 22.3 Å². The van der Waals surface area contributed by atoms with Crippen molar-refractivity contribution in [3.63, 3.8) is 0 Å². The fourth-order valence-corrected chi connectivity index (χ4v) is 6.23. The lowest BCUT2D eigenvalue weighted by atomic mass is 9.98. The second-order valence-corrected chi connectivity index (χ2v) is 13.4. The molecule has 0 unspecified atom stereocenters. The molecule has 0 bridgehead atoms. The molecular weight excluding hydrogens is 772 g/mol. The van der Waals surface area contributed by atoms with Gasteiger partial charge in [-0.2, -0.15) is 0 Å². The highest BCUT2D eigenvalue weighted by Crippen LogP contribution is 2.41. The van der Waals surface area contributed by atoms with Gasteiger partial charge >= 0.3 is 23.3 Å². The number of carboxylic acid groups (broad SMARTS) is 1. The van der Waals surface area contributed by atoms with Gasteiger partial charge in [0.15, 0.2) is 23.9 Å². The third-order valence-electron chi connectivity index (χ3n) is 9.38. The lowest BCUT2D eigenvalue weighted by Gasteiger charge is -2.44. The molecule has 0 aliphatic carbocycles. The van der Waals surface area contributed by atoms with Crippen LogP contribution in [0.2, 0.25) is 0 Å². The molecule has 22 heteroatoms. The molecular formula is C35H41O22+. The molecule has 3 saturated heterocycles. The molecule has 22 nitrogen and oxygen atoms in total. The van der Waals surface area contributed by atoms with Gasteiger partial charge in [-0.25, -0.2) is 4.42 Å². The first-order chi connectivity index (χ1) is 27.1. The SMILES string of the molecule is O=C(O)CC(=O)OC[C@H]1O[C@@H](Oc2cc3ccc(O[C@@H]4O[C@H](CO)[C@@H](O)[C@H](O)[C@H]4O)cc3[o+]c2-c2ccc(O)c(O)c2)[C@H](O[C@@H]2OC[C@@H](O)[C@H](O)[C@H]2O)[C@@H](O)[C@@H]1O. The van der Waals surface area contributed by atoms with E-state index >= 15 is 0 Å². The molecule has 3 aliphatic rings. The number of carboxylic acids is 1. The van der Waals surface area contributed by atoms with Crippen molar-refractivity contribution in [2.75, 3.05) is 19.8 Å². The van der Waals surface area contributed by atoms with Crippen molar-refractivity contribution < 1.29 is 108 Å². The summed E-state index contributed by atoms with van der Waals surface area (Å²) < 4.78 is 45.4. The minimum Gasteiger partial charge on any atom is -0.504 e. The summed E-state index contributed by atoms with van der Waals surface area (Å²) in [7, 11) is 0. The lowest BCUT2D eigenvalue weighted by molar-refractivity contribution is -0.345. The van der Waals surface area contributed by atoms with Crippen molar-refractivity contribution in [2.24, 2.45) is 0 Å². The number of phenolic OH excluding ortho intramolecular Hbond substituents is 2. The Morgan fingerprint density at radius 1 is 0.737 bits per heavy atom. The summed E-state index contributed by atoms with van der Waals surface area (Å²) in [5.74, 6) is -4.21. The van der Waals surface area contributed by atoms with E-state index in [1.54, 1.807) is 0 Å². The number of carbonyl (C=O) groups excluding carboxylic acids is 1. The van der Waals surface area contributed by atoms with E-state index in [0.717, 1.165) is 12.1 Å². The number of phenols is 2. The first kappa shape index (κ1) is 42.1. The van der Waals surface area contributed by atoms with Crippen LogP contribution in [0.4, 0.5) is 0 Å². The van der Waals surface area contributed by atoms with Gasteiger partial charge in [0.25, 0.3) is 0 Å². The van der Waals surface area contributed by atoms with Crippen LogP contribution in [0.5, 0.6) is 23.0 Å². The predicted molar refractivity (Wildman–Crippen MR) is 181 cm³/mol. The first-order valence-corrected chi connectivity index (χ1v) is 17.3. The Balaban J connectivity index is 1.36. The van der Waals surface area contributed by atoms with Gasteiger partial charge in [-0.1, -0.05) is 0 Å². The van der Waals surface area contributed by atoms with Crippen LogP contribution in [0.1, 0.15) is 6.42 Å². The quantitative estimate of drug-likeness (QED) is 0.0368.